The van der Waals surface area contributed by atoms with Crippen LogP contribution in [0, 0.1) is 13.8 Å². The zero-order chi connectivity index (χ0) is 24.0. The molecule has 1 unspecified atom stereocenters. The second-order valence-electron chi connectivity index (χ2n) is 7.70. The van der Waals surface area contributed by atoms with E-state index >= 15 is 0 Å². The quantitative estimate of drug-likeness (QED) is 0.379. The Morgan fingerprint density at radius 1 is 0.970 bits per heavy atom. The van der Waals surface area contributed by atoms with Gasteiger partial charge in [0.2, 0.25) is 5.91 Å². The van der Waals surface area contributed by atoms with Crippen molar-refractivity contribution in [3.8, 4) is 17.2 Å². The van der Waals surface area contributed by atoms with E-state index in [0.29, 0.717) is 23.6 Å². The Hall–Kier alpha value is -4.00. The van der Waals surface area contributed by atoms with Crippen molar-refractivity contribution in [1.29, 1.82) is 0 Å². The molecule has 0 aromatic heterocycles. The van der Waals surface area contributed by atoms with Crippen LogP contribution in [0.3, 0.4) is 0 Å². The van der Waals surface area contributed by atoms with Crippen LogP contribution in [0.5, 0.6) is 17.2 Å². The maximum absolute atomic E-state index is 12.9. The summed E-state index contributed by atoms with van der Waals surface area (Å²) < 4.78 is 10.7. The van der Waals surface area contributed by atoms with Gasteiger partial charge >= 0.3 is 6.09 Å². The van der Waals surface area contributed by atoms with Crippen molar-refractivity contribution in [2.75, 3.05) is 17.7 Å². The smallest absolute Gasteiger partial charge is 0.411 e. The van der Waals surface area contributed by atoms with Crippen LogP contribution in [0.2, 0.25) is 0 Å². The summed E-state index contributed by atoms with van der Waals surface area (Å²) in [5.41, 5.74) is 3.38. The molecule has 1 atom stereocenters. The minimum absolute atomic E-state index is 0.0512. The average Bonchev–Trinajstić information content (AvgIpc) is 2.79. The largest absolute Gasteiger partial charge is 0.506 e. The molecule has 172 valence electrons. The molecule has 3 aromatic rings. The van der Waals surface area contributed by atoms with Crippen LogP contribution < -0.4 is 15.4 Å². The van der Waals surface area contributed by atoms with Crippen LogP contribution in [0.4, 0.5) is 16.2 Å². The third-order valence-electron chi connectivity index (χ3n) is 5.26. The first kappa shape index (κ1) is 23.7. The molecular formula is C26H28N2O5. The number of carbonyl (C=O) groups excluding carboxylic acids is 2. The minimum atomic E-state index is -0.553. The minimum Gasteiger partial charge on any atom is -0.506 e. The summed E-state index contributed by atoms with van der Waals surface area (Å²) in [6.45, 7) is 5.67. The van der Waals surface area contributed by atoms with Crippen molar-refractivity contribution in [3.05, 3.63) is 77.4 Å². The number of aryl methyl sites for hydroxylation is 2. The van der Waals surface area contributed by atoms with Crippen molar-refractivity contribution in [1.82, 2.24) is 0 Å². The highest BCUT2D eigenvalue weighted by molar-refractivity contribution is 5.97. The average molecular weight is 449 g/mol. The summed E-state index contributed by atoms with van der Waals surface area (Å²) in [4.78, 5) is 24.4. The molecule has 7 nitrogen and oxygen atoms in total. The van der Waals surface area contributed by atoms with E-state index in [1.54, 1.807) is 24.3 Å². The van der Waals surface area contributed by atoms with E-state index in [1.165, 1.54) is 13.2 Å². The number of ether oxygens (including phenoxy) is 2. The van der Waals surface area contributed by atoms with Crippen LogP contribution in [0.25, 0.3) is 0 Å². The first-order chi connectivity index (χ1) is 15.8. The number of methoxy groups -OCH3 is 1. The van der Waals surface area contributed by atoms with Gasteiger partial charge in [-0.05, 0) is 61.2 Å². The highest BCUT2D eigenvalue weighted by Gasteiger charge is 2.20. The number of aromatic hydroxyl groups is 1. The third-order valence-corrected chi connectivity index (χ3v) is 5.26. The highest BCUT2D eigenvalue weighted by atomic mass is 16.5. The number of hydrogen-bond donors (Lipinski definition) is 3. The summed E-state index contributed by atoms with van der Waals surface area (Å²) in [6, 6.07) is 17.8. The Bertz CT molecular complexity index is 1120. The lowest BCUT2D eigenvalue weighted by atomic mass is 9.95. The van der Waals surface area contributed by atoms with Crippen LogP contribution in [-0.4, -0.2) is 24.2 Å². The molecule has 33 heavy (non-hydrogen) atoms. The molecule has 0 aliphatic heterocycles. The summed E-state index contributed by atoms with van der Waals surface area (Å²) in [5, 5.41) is 15.8. The number of amides is 2. The number of rotatable bonds is 7. The fourth-order valence-electron chi connectivity index (χ4n) is 3.63. The number of carbonyl (C=O) groups is 2. The highest BCUT2D eigenvalue weighted by Crippen LogP contribution is 2.35. The lowest BCUT2D eigenvalue weighted by Crippen LogP contribution is -2.20. The molecule has 2 amide bonds. The standard InChI is InChI=1S/C26H28N2O5/c1-5-21(18-9-7-6-8-10-18)25(30)28-22-15-20(11-12-23(22)29)33-24-16(2)13-19(14-17(24)3)27-26(31)32-4/h6-15,21,29H,5H2,1-4H3,(H,27,31)(H,28,30). The molecule has 0 spiro atoms. The molecule has 3 N–H and O–H groups in total. The second kappa shape index (κ2) is 10.5. The van der Waals surface area contributed by atoms with E-state index in [2.05, 4.69) is 15.4 Å². The second-order valence-corrected chi connectivity index (χ2v) is 7.70. The van der Waals surface area contributed by atoms with Gasteiger partial charge in [0.05, 0.1) is 18.7 Å². The van der Waals surface area contributed by atoms with Gasteiger partial charge in [-0.2, -0.15) is 0 Å². The number of nitrogens with one attached hydrogen (secondary N) is 2. The first-order valence-corrected chi connectivity index (χ1v) is 10.6. The molecule has 0 heterocycles. The Labute approximate surface area is 193 Å². The predicted molar refractivity (Wildman–Crippen MR) is 128 cm³/mol. The van der Waals surface area contributed by atoms with Crippen molar-refractivity contribution in [2.24, 2.45) is 0 Å². The fourth-order valence-corrected chi connectivity index (χ4v) is 3.63. The molecule has 7 heteroatoms. The van der Waals surface area contributed by atoms with Gasteiger partial charge in [-0.15, -0.1) is 0 Å². The number of benzene rings is 3. The zero-order valence-electron chi connectivity index (χ0n) is 19.1. The SMILES string of the molecule is CCC(C(=O)Nc1cc(Oc2c(C)cc(NC(=O)OC)cc2C)ccc1O)c1ccccc1. The van der Waals surface area contributed by atoms with Crippen molar-refractivity contribution in [2.45, 2.75) is 33.1 Å². The van der Waals surface area contributed by atoms with Gasteiger partial charge in [0, 0.05) is 11.8 Å². The number of phenolic OH excluding ortho intramolecular Hbond substituents is 1. The Morgan fingerprint density at radius 3 is 2.24 bits per heavy atom. The van der Waals surface area contributed by atoms with Crippen molar-refractivity contribution < 1.29 is 24.2 Å². The normalized spacial score (nSPS) is 11.4. The number of anilines is 2. The molecular weight excluding hydrogens is 420 g/mol. The molecule has 0 bridgehead atoms. The van der Waals surface area contributed by atoms with E-state index in [1.807, 2.05) is 51.1 Å². The molecule has 0 saturated heterocycles. The topological polar surface area (TPSA) is 96.9 Å². The molecule has 0 aliphatic carbocycles. The van der Waals surface area contributed by atoms with Crippen molar-refractivity contribution in [3.63, 3.8) is 0 Å². The van der Waals surface area contributed by atoms with Gasteiger partial charge in [0.15, 0.2) is 0 Å². The zero-order valence-corrected chi connectivity index (χ0v) is 19.1. The molecule has 0 aliphatic rings. The maximum Gasteiger partial charge on any atom is 0.411 e. The van der Waals surface area contributed by atoms with Crippen LogP contribution >= 0.6 is 0 Å². The van der Waals surface area contributed by atoms with E-state index in [-0.39, 0.29) is 23.3 Å². The van der Waals surface area contributed by atoms with Gasteiger partial charge < -0.3 is 19.9 Å². The van der Waals surface area contributed by atoms with E-state index in [4.69, 9.17) is 4.74 Å². The lowest BCUT2D eigenvalue weighted by Gasteiger charge is -2.18. The Balaban J connectivity index is 1.80. The van der Waals surface area contributed by atoms with Gasteiger partial charge in [0.25, 0.3) is 0 Å². The Kier molecular flexibility index (Phi) is 7.56. The van der Waals surface area contributed by atoms with E-state index < -0.39 is 6.09 Å². The van der Waals surface area contributed by atoms with Crippen LogP contribution in [0.15, 0.2) is 60.7 Å². The van der Waals surface area contributed by atoms with Gasteiger partial charge in [-0.25, -0.2) is 4.79 Å². The Morgan fingerprint density at radius 2 is 1.64 bits per heavy atom. The monoisotopic (exact) mass is 448 g/mol. The molecule has 3 aromatic carbocycles. The number of hydrogen-bond acceptors (Lipinski definition) is 5. The van der Waals surface area contributed by atoms with Gasteiger partial charge in [-0.3, -0.25) is 10.1 Å². The van der Waals surface area contributed by atoms with Crippen LogP contribution in [0.1, 0.15) is 36.0 Å². The van der Waals surface area contributed by atoms with Crippen molar-refractivity contribution >= 4 is 23.4 Å². The summed E-state index contributed by atoms with van der Waals surface area (Å²) >= 11 is 0. The molecule has 0 saturated carbocycles. The molecule has 0 fully saturated rings. The maximum atomic E-state index is 12.9. The number of phenols is 1. The summed E-state index contributed by atoms with van der Waals surface area (Å²) in [6.07, 6.45) is 0.0687. The van der Waals surface area contributed by atoms with E-state index in [0.717, 1.165) is 16.7 Å². The van der Waals surface area contributed by atoms with Crippen LogP contribution in [-0.2, 0) is 9.53 Å². The molecule has 0 radical (unpaired) electrons. The van der Waals surface area contributed by atoms with Gasteiger partial charge in [-0.1, -0.05) is 37.3 Å². The summed E-state index contributed by atoms with van der Waals surface area (Å²) in [7, 11) is 1.30. The van der Waals surface area contributed by atoms with Gasteiger partial charge in [0.1, 0.15) is 17.2 Å². The summed E-state index contributed by atoms with van der Waals surface area (Å²) in [5.74, 6) is 0.473. The lowest BCUT2D eigenvalue weighted by molar-refractivity contribution is -0.117. The van der Waals surface area contributed by atoms with E-state index in [9.17, 15) is 14.7 Å². The first-order valence-electron chi connectivity index (χ1n) is 10.6. The third kappa shape index (κ3) is 5.83. The fraction of sp³-hybridized carbons (Fsp3) is 0.231. The predicted octanol–water partition coefficient (Wildman–Crippen LogP) is 6.11. The molecule has 3 rings (SSSR count).